The van der Waals surface area contributed by atoms with Crippen molar-refractivity contribution in [3.8, 4) is 0 Å². The Morgan fingerprint density at radius 3 is 2.41 bits per heavy atom. The standard InChI is InChI=1S/C22H25ClFN3O4S/c1-32(28,29)19-3-2-15(8-18(19)24)20-30-12-22(13-31-20)9-17(22)14-4-6-27(7-5-14)21-25-10-16(23)11-26-21/h2-3,8,10-11,14,17,20H,4-7,9,12-13H2,1H3/t17-,20-,22-/m0/s1. The van der Waals surface area contributed by atoms with Gasteiger partial charge in [0, 0.05) is 30.3 Å². The van der Waals surface area contributed by atoms with E-state index in [2.05, 4.69) is 14.9 Å². The Kier molecular flexibility index (Phi) is 5.64. The van der Waals surface area contributed by atoms with Crippen molar-refractivity contribution in [3.05, 3.63) is 47.0 Å². The summed E-state index contributed by atoms with van der Waals surface area (Å²) in [5.41, 5.74) is 0.531. The average Bonchev–Trinajstić information content (AvgIpc) is 3.47. The Morgan fingerprint density at radius 1 is 1.16 bits per heavy atom. The van der Waals surface area contributed by atoms with E-state index >= 15 is 0 Å². The normalized spacial score (nSPS) is 28.8. The highest BCUT2D eigenvalue weighted by molar-refractivity contribution is 7.90. The molecule has 2 aromatic rings. The fraction of sp³-hybridized carbons (Fsp3) is 0.545. The smallest absolute Gasteiger partial charge is 0.225 e. The van der Waals surface area contributed by atoms with Crippen LogP contribution in [0.1, 0.15) is 31.1 Å². The first-order chi connectivity index (χ1) is 15.2. The topological polar surface area (TPSA) is 81.6 Å². The lowest BCUT2D eigenvalue weighted by molar-refractivity contribution is -0.216. The molecular formula is C22H25ClFN3O4S. The number of halogens is 2. The molecule has 10 heteroatoms. The van der Waals surface area contributed by atoms with Crippen LogP contribution in [0.2, 0.25) is 5.02 Å². The minimum absolute atomic E-state index is 0.0331. The molecule has 0 N–H and O–H groups in total. The predicted octanol–water partition coefficient (Wildman–Crippen LogP) is 3.64. The summed E-state index contributed by atoms with van der Waals surface area (Å²) >= 11 is 5.88. The molecule has 3 fully saturated rings. The molecule has 0 bridgehead atoms. The summed E-state index contributed by atoms with van der Waals surface area (Å²) in [6, 6.07) is 4.02. The lowest BCUT2D eigenvalue weighted by atomic mass is 9.87. The fourth-order valence-corrected chi connectivity index (χ4v) is 5.90. The van der Waals surface area contributed by atoms with E-state index in [1.165, 1.54) is 12.1 Å². The SMILES string of the molecule is CS(=O)(=O)c1ccc([C@H]2OC[C@]3(CO2)C[C@H]3C2CCN(c3ncc(Cl)cn3)CC2)cc1F. The third-order valence-electron chi connectivity index (χ3n) is 6.92. The first kappa shape index (κ1) is 22.0. The third kappa shape index (κ3) is 4.23. The number of hydrogen-bond donors (Lipinski definition) is 0. The zero-order valence-corrected chi connectivity index (χ0v) is 19.3. The molecule has 5 rings (SSSR count). The summed E-state index contributed by atoms with van der Waals surface area (Å²) in [6.07, 6.45) is 6.78. The molecular weight excluding hydrogens is 457 g/mol. The highest BCUT2D eigenvalue weighted by Crippen LogP contribution is 2.61. The quantitative estimate of drug-likeness (QED) is 0.659. The molecule has 7 nitrogen and oxygen atoms in total. The number of sulfone groups is 1. The number of ether oxygens (including phenoxy) is 2. The van der Waals surface area contributed by atoms with Crippen molar-refractivity contribution in [1.29, 1.82) is 0 Å². The molecule has 2 aliphatic heterocycles. The van der Waals surface area contributed by atoms with Gasteiger partial charge in [0.05, 0.1) is 30.6 Å². The number of anilines is 1. The molecule has 1 aliphatic carbocycles. The maximum atomic E-state index is 14.2. The summed E-state index contributed by atoms with van der Waals surface area (Å²) in [6.45, 7) is 2.96. The number of hydrogen-bond acceptors (Lipinski definition) is 7. The number of aromatic nitrogens is 2. The van der Waals surface area contributed by atoms with Crippen LogP contribution in [0.3, 0.4) is 0 Å². The molecule has 172 valence electrons. The van der Waals surface area contributed by atoms with Crippen LogP contribution in [-0.2, 0) is 19.3 Å². The van der Waals surface area contributed by atoms with Crippen molar-refractivity contribution >= 4 is 27.4 Å². The molecule has 1 aromatic heterocycles. The van der Waals surface area contributed by atoms with E-state index in [1.807, 2.05) is 0 Å². The van der Waals surface area contributed by atoms with Crippen LogP contribution in [0.5, 0.6) is 0 Å². The number of rotatable bonds is 4. The second-order valence-electron chi connectivity index (χ2n) is 9.11. The van der Waals surface area contributed by atoms with Crippen LogP contribution >= 0.6 is 11.6 Å². The average molecular weight is 482 g/mol. The second kappa shape index (κ2) is 8.20. The van der Waals surface area contributed by atoms with Gasteiger partial charge in [0.25, 0.3) is 0 Å². The lowest BCUT2D eigenvalue weighted by Crippen LogP contribution is -2.37. The minimum atomic E-state index is -3.61. The Hall–Kier alpha value is -1.81. The Balaban J connectivity index is 1.16. The zero-order valence-electron chi connectivity index (χ0n) is 17.7. The van der Waals surface area contributed by atoms with Crippen molar-refractivity contribution in [2.75, 3.05) is 37.5 Å². The monoisotopic (exact) mass is 481 g/mol. The number of benzene rings is 1. The maximum absolute atomic E-state index is 14.2. The largest absolute Gasteiger partial charge is 0.348 e. The fourth-order valence-electron chi connectivity index (χ4n) is 5.08. The summed E-state index contributed by atoms with van der Waals surface area (Å²) < 4.78 is 49.4. The van der Waals surface area contributed by atoms with Gasteiger partial charge in [0.2, 0.25) is 5.95 Å². The van der Waals surface area contributed by atoms with Gasteiger partial charge in [-0.15, -0.1) is 0 Å². The molecule has 3 heterocycles. The van der Waals surface area contributed by atoms with E-state index in [4.69, 9.17) is 21.1 Å². The Bertz CT molecular complexity index is 1100. The van der Waals surface area contributed by atoms with Crippen molar-refractivity contribution in [2.45, 2.75) is 30.4 Å². The van der Waals surface area contributed by atoms with Crippen molar-refractivity contribution < 1.29 is 22.3 Å². The van der Waals surface area contributed by atoms with Gasteiger partial charge in [-0.3, -0.25) is 0 Å². The predicted molar refractivity (Wildman–Crippen MR) is 117 cm³/mol. The lowest BCUT2D eigenvalue weighted by Gasteiger charge is -2.35. The van der Waals surface area contributed by atoms with Crippen LogP contribution in [-0.4, -0.2) is 50.9 Å². The Labute approximate surface area is 191 Å². The number of piperidine rings is 1. The van der Waals surface area contributed by atoms with Crippen LogP contribution in [0, 0.1) is 23.1 Å². The van der Waals surface area contributed by atoms with Gasteiger partial charge >= 0.3 is 0 Å². The van der Waals surface area contributed by atoms with E-state index in [9.17, 15) is 12.8 Å². The molecule has 0 radical (unpaired) electrons. The van der Waals surface area contributed by atoms with E-state index in [1.54, 1.807) is 18.5 Å². The summed E-state index contributed by atoms with van der Waals surface area (Å²) in [5.74, 6) is 1.10. The van der Waals surface area contributed by atoms with Crippen molar-refractivity contribution in [2.24, 2.45) is 17.3 Å². The van der Waals surface area contributed by atoms with Crippen LogP contribution < -0.4 is 4.90 Å². The summed E-state index contributed by atoms with van der Waals surface area (Å²) in [5, 5.41) is 0.535. The van der Waals surface area contributed by atoms with E-state index in [0.29, 0.717) is 35.6 Å². The minimum Gasteiger partial charge on any atom is -0.348 e. The van der Waals surface area contributed by atoms with Crippen molar-refractivity contribution in [3.63, 3.8) is 0 Å². The maximum Gasteiger partial charge on any atom is 0.225 e. The second-order valence-corrected chi connectivity index (χ2v) is 11.5. The molecule has 32 heavy (non-hydrogen) atoms. The molecule has 3 aliphatic rings. The molecule has 0 amide bonds. The van der Waals surface area contributed by atoms with E-state index < -0.39 is 21.9 Å². The van der Waals surface area contributed by atoms with Gasteiger partial charge in [0.1, 0.15) is 10.7 Å². The van der Waals surface area contributed by atoms with Gasteiger partial charge in [-0.05, 0) is 43.2 Å². The molecule has 0 unspecified atom stereocenters. The first-order valence-electron chi connectivity index (χ1n) is 10.7. The third-order valence-corrected chi connectivity index (χ3v) is 8.25. The van der Waals surface area contributed by atoms with Gasteiger partial charge in [-0.2, -0.15) is 0 Å². The molecule has 2 saturated heterocycles. The van der Waals surface area contributed by atoms with Gasteiger partial charge in [-0.1, -0.05) is 17.7 Å². The van der Waals surface area contributed by atoms with Crippen LogP contribution in [0.25, 0.3) is 0 Å². The van der Waals surface area contributed by atoms with Gasteiger partial charge in [0.15, 0.2) is 16.1 Å². The van der Waals surface area contributed by atoms with Gasteiger partial charge in [-0.25, -0.2) is 22.8 Å². The molecule has 1 atom stereocenters. The summed E-state index contributed by atoms with van der Waals surface area (Å²) in [4.78, 5) is 10.5. The van der Waals surface area contributed by atoms with Crippen LogP contribution in [0.15, 0.2) is 35.5 Å². The number of nitrogens with zero attached hydrogens (tertiary/aromatic N) is 3. The molecule has 1 spiro atoms. The highest BCUT2D eigenvalue weighted by Gasteiger charge is 2.59. The van der Waals surface area contributed by atoms with Crippen molar-refractivity contribution in [1.82, 2.24) is 9.97 Å². The summed E-state index contributed by atoms with van der Waals surface area (Å²) in [7, 11) is -3.61. The Morgan fingerprint density at radius 2 is 1.81 bits per heavy atom. The van der Waals surface area contributed by atoms with E-state index in [0.717, 1.165) is 44.6 Å². The molecule has 1 aromatic carbocycles. The molecule has 1 saturated carbocycles. The highest BCUT2D eigenvalue weighted by atomic mass is 35.5. The van der Waals surface area contributed by atoms with Gasteiger partial charge < -0.3 is 14.4 Å². The van der Waals surface area contributed by atoms with E-state index in [-0.39, 0.29) is 10.3 Å². The zero-order chi connectivity index (χ0) is 22.5. The van der Waals surface area contributed by atoms with Crippen LogP contribution in [0.4, 0.5) is 10.3 Å². The first-order valence-corrected chi connectivity index (χ1v) is 13.0.